The number of rotatable bonds is 3. The number of anilines is 1. The number of hydrogen-bond donors (Lipinski definition) is 1. The van der Waals surface area contributed by atoms with E-state index >= 15 is 0 Å². The summed E-state index contributed by atoms with van der Waals surface area (Å²) in [6.45, 7) is 2.04. The number of para-hydroxylation sites is 1. The zero-order chi connectivity index (χ0) is 14.0. The van der Waals surface area contributed by atoms with Gasteiger partial charge in [-0.15, -0.1) is 0 Å². The molecular formula is C14H17Cl2IN2. The van der Waals surface area contributed by atoms with Crippen molar-refractivity contribution in [1.29, 1.82) is 0 Å². The van der Waals surface area contributed by atoms with Gasteiger partial charge in [0.15, 0.2) is 0 Å². The summed E-state index contributed by atoms with van der Waals surface area (Å²) in [6.07, 6.45) is 4.49. The predicted molar refractivity (Wildman–Crippen MR) is 92.1 cm³/mol. The van der Waals surface area contributed by atoms with Gasteiger partial charge in [-0.3, -0.25) is 3.11 Å². The van der Waals surface area contributed by atoms with Gasteiger partial charge in [-0.1, -0.05) is 29.3 Å². The zero-order valence-electron chi connectivity index (χ0n) is 10.8. The van der Waals surface area contributed by atoms with Crippen molar-refractivity contribution in [3.8, 4) is 0 Å². The highest BCUT2D eigenvalue weighted by Crippen LogP contribution is 2.41. The van der Waals surface area contributed by atoms with Crippen molar-refractivity contribution in [3.05, 3.63) is 39.5 Å². The minimum absolute atomic E-state index is 0.0776. The molecule has 1 unspecified atom stereocenters. The number of nitrogens with zero attached hydrogens (tertiary/aromatic N) is 1. The first kappa shape index (κ1) is 15.4. The lowest BCUT2D eigenvalue weighted by Gasteiger charge is -2.30. The maximum Gasteiger partial charge on any atom is 0.0879 e. The van der Waals surface area contributed by atoms with Crippen LogP contribution in [0, 0.1) is 0 Å². The van der Waals surface area contributed by atoms with Crippen molar-refractivity contribution in [2.45, 2.75) is 38.6 Å². The molecule has 0 heterocycles. The van der Waals surface area contributed by atoms with Gasteiger partial charge in [-0.2, -0.15) is 0 Å². The van der Waals surface area contributed by atoms with E-state index in [4.69, 9.17) is 28.9 Å². The summed E-state index contributed by atoms with van der Waals surface area (Å²) in [5, 5.41) is 1.34. The summed E-state index contributed by atoms with van der Waals surface area (Å²) in [6, 6.07) is 5.67. The molecule has 0 fully saturated rings. The standard InChI is InChI=1S/C14H17Cl2IN2/c1-9(18)10-5-2-3-8-13(10)19(17)14-11(15)6-4-7-12(14)16/h4,6-7,9H,2-3,5,8,18H2,1H3. The van der Waals surface area contributed by atoms with Gasteiger partial charge in [0.1, 0.15) is 0 Å². The van der Waals surface area contributed by atoms with Crippen LogP contribution in [0.25, 0.3) is 0 Å². The van der Waals surface area contributed by atoms with Crippen LogP contribution in [0.15, 0.2) is 29.5 Å². The van der Waals surface area contributed by atoms with Gasteiger partial charge in [-0.05, 0) is 50.3 Å². The van der Waals surface area contributed by atoms with Crippen molar-refractivity contribution in [2.24, 2.45) is 5.73 Å². The fourth-order valence-electron chi connectivity index (χ4n) is 2.44. The van der Waals surface area contributed by atoms with Gasteiger partial charge in [0.25, 0.3) is 0 Å². The van der Waals surface area contributed by atoms with Gasteiger partial charge in [0, 0.05) is 11.7 Å². The molecule has 0 saturated heterocycles. The fraction of sp³-hybridized carbons (Fsp3) is 0.429. The molecule has 0 radical (unpaired) electrons. The highest BCUT2D eigenvalue weighted by atomic mass is 127. The van der Waals surface area contributed by atoms with E-state index in [0.29, 0.717) is 10.0 Å². The number of halogens is 3. The Labute approximate surface area is 138 Å². The summed E-state index contributed by atoms with van der Waals surface area (Å²) >= 11 is 14.8. The van der Waals surface area contributed by atoms with Crippen LogP contribution in [-0.4, -0.2) is 6.04 Å². The van der Waals surface area contributed by atoms with E-state index in [-0.39, 0.29) is 6.04 Å². The van der Waals surface area contributed by atoms with E-state index in [1.165, 1.54) is 24.1 Å². The van der Waals surface area contributed by atoms with Crippen molar-refractivity contribution in [1.82, 2.24) is 0 Å². The van der Waals surface area contributed by atoms with Crippen LogP contribution in [0.1, 0.15) is 32.6 Å². The number of hydrogen-bond acceptors (Lipinski definition) is 2. The molecule has 5 heteroatoms. The Morgan fingerprint density at radius 2 is 1.79 bits per heavy atom. The summed E-state index contributed by atoms with van der Waals surface area (Å²) in [4.78, 5) is 0. The average molecular weight is 411 g/mol. The van der Waals surface area contributed by atoms with Crippen LogP contribution < -0.4 is 8.85 Å². The fourth-order valence-corrected chi connectivity index (χ4v) is 4.36. The van der Waals surface area contributed by atoms with Crippen molar-refractivity contribution >= 4 is 51.8 Å². The summed E-state index contributed by atoms with van der Waals surface area (Å²) in [5.41, 5.74) is 9.54. The molecule has 2 N–H and O–H groups in total. The number of allylic oxidation sites excluding steroid dienone is 1. The number of nitrogens with two attached hydrogens (primary N) is 1. The third-order valence-corrected chi connectivity index (χ3v) is 5.08. The topological polar surface area (TPSA) is 29.3 Å². The first-order valence-electron chi connectivity index (χ1n) is 6.39. The monoisotopic (exact) mass is 410 g/mol. The Morgan fingerprint density at radius 3 is 2.37 bits per heavy atom. The predicted octanol–water partition coefficient (Wildman–Crippen LogP) is 5.33. The molecule has 19 heavy (non-hydrogen) atoms. The average Bonchev–Trinajstić information content (AvgIpc) is 2.38. The van der Waals surface area contributed by atoms with Crippen LogP contribution in [0.4, 0.5) is 5.69 Å². The molecule has 104 valence electrons. The molecule has 0 saturated carbocycles. The molecular weight excluding hydrogens is 394 g/mol. The molecule has 2 rings (SSSR count). The smallest absolute Gasteiger partial charge is 0.0879 e. The second kappa shape index (κ2) is 6.66. The molecule has 2 nitrogen and oxygen atoms in total. The Morgan fingerprint density at radius 1 is 1.21 bits per heavy atom. The maximum absolute atomic E-state index is 6.29. The Balaban J connectivity index is 2.45. The van der Waals surface area contributed by atoms with Gasteiger partial charge in [0.05, 0.1) is 38.6 Å². The van der Waals surface area contributed by atoms with Crippen molar-refractivity contribution in [2.75, 3.05) is 3.11 Å². The SMILES string of the molecule is CC(N)C1=C(N(I)c2c(Cl)cccc2Cl)CCCC1. The molecule has 0 aromatic heterocycles. The number of benzene rings is 1. The molecule has 1 aromatic carbocycles. The second-order valence-corrected chi connectivity index (χ2v) is 6.60. The van der Waals surface area contributed by atoms with Crippen LogP contribution in [0.2, 0.25) is 10.0 Å². The molecule has 1 aliphatic rings. The largest absolute Gasteiger partial charge is 0.324 e. The van der Waals surface area contributed by atoms with Gasteiger partial charge in [-0.25, -0.2) is 0 Å². The van der Waals surface area contributed by atoms with Gasteiger partial charge >= 0.3 is 0 Å². The summed E-state index contributed by atoms with van der Waals surface area (Å²) < 4.78 is 2.08. The lowest BCUT2D eigenvalue weighted by Crippen LogP contribution is -2.26. The van der Waals surface area contributed by atoms with Crippen LogP contribution in [0.5, 0.6) is 0 Å². The lowest BCUT2D eigenvalue weighted by atomic mass is 9.92. The lowest BCUT2D eigenvalue weighted by molar-refractivity contribution is 0.626. The van der Waals surface area contributed by atoms with E-state index in [1.54, 1.807) is 0 Å². The molecule has 0 aliphatic heterocycles. The minimum Gasteiger partial charge on any atom is -0.324 e. The normalized spacial score (nSPS) is 17.5. The summed E-state index contributed by atoms with van der Waals surface area (Å²) in [7, 11) is 0. The van der Waals surface area contributed by atoms with Crippen LogP contribution in [0.3, 0.4) is 0 Å². The molecule has 1 atom stereocenters. The van der Waals surface area contributed by atoms with Crippen molar-refractivity contribution < 1.29 is 0 Å². The first-order valence-corrected chi connectivity index (χ1v) is 8.12. The van der Waals surface area contributed by atoms with E-state index in [0.717, 1.165) is 18.5 Å². The Bertz CT molecular complexity index is 480. The van der Waals surface area contributed by atoms with E-state index in [1.807, 2.05) is 25.1 Å². The highest BCUT2D eigenvalue weighted by Gasteiger charge is 2.23. The van der Waals surface area contributed by atoms with Gasteiger partial charge < -0.3 is 5.73 Å². The van der Waals surface area contributed by atoms with Crippen LogP contribution >= 0.6 is 46.1 Å². The maximum atomic E-state index is 6.29. The first-order chi connectivity index (χ1) is 9.02. The Hall–Kier alpha value is 0.0300. The zero-order valence-corrected chi connectivity index (χ0v) is 14.5. The molecule has 0 spiro atoms. The van der Waals surface area contributed by atoms with Crippen molar-refractivity contribution in [3.63, 3.8) is 0 Å². The van der Waals surface area contributed by atoms with E-state index < -0.39 is 0 Å². The minimum atomic E-state index is 0.0776. The quantitative estimate of drug-likeness (QED) is 0.539. The third kappa shape index (κ3) is 3.38. The summed E-state index contributed by atoms with van der Waals surface area (Å²) in [5.74, 6) is 0. The molecule has 0 amide bonds. The van der Waals surface area contributed by atoms with E-state index in [2.05, 4.69) is 26.0 Å². The van der Waals surface area contributed by atoms with Gasteiger partial charge in [0.2, 0.25) is 0 Å². The van der Waals surface area contributed by atoms with Crippen LogP contribution in [-0.2, 0) is 0 Å². The molecule has 0 bridgehead atoms. The van der Waals surface area contributed by atoms with E-state index in [9.17, 15) is 0 Å². The molecule has 1 aliphatic carbocycles. The highest BCUT2D eigenvalue weighted by molar-refractivity contribution is 14.1. The molecule has 1 aromatic rings. The Kier molecular flexibility index (Phi) is 5.40. The third-order valence-electron chi connectivity index (χ3n) is 3.40. The second-order valence-electron chi connectivity index (χ2n) is 4.82.